The lowest BCUT2D eigenvalue weighted by molar-refractivity contribution is -0.385. The second-order valence-electron chi connectivity index (χ2n) is 5.91. The van der Waals surface area contributed by atoms with Gasteiger partial charge in [-0.1, -0.05) is 18.2 Å². The fourth-order valence-corrected chi connectivity index (χ4v) is 2.46. The van der Waals surface area contributed by atoms with Gasteiger partial charge in [0.1, 0.15) is 0 Å². The van der Waals surface area contributed by atoms with Crippen LogP contribution in [0.1, 0.15) is 22.3 Å². The number of hydrogen-bond acceptors (Lipinski definition) is 6. The SMILES string of the molecule is COc1cc(/C=N\NC(=O)Cc2ccc(C)c(C)c2)c([N+](=O)[O-])cc1OC. The average molecular weight is 371 g/mol. The third kappa shape index (κ3) is 5.04. The maximum absolute atomic E-state index is 12.0. The minimum atomic E-state index is -0.555. The van der Waals surface area contributed by atoms with Gasteiger partial charge in [-0.15, -0.1) is 0 Å². The van der Waals surface area contributed by atoms with E-state index in [9.17, 15) is 14.9 Å². The van der Waals surface area contributed by atoms with Crippen molar-refractivity contribution in [2.24, 2.45) is 5.10 Å². The lowest BCUT2D eigenvalue weighted by Gasteiger charge is -2.08. The highest BCUT2D eigenvalue weighted by Crippen LogP contribution is 2.33. The van der Waals surface area contributed by atoms with Gasteiger partial charge in [0.05, 0.1) is 43.4 Å². The normalized spacial score (nSPS) is 10.7. The molecule has 0 unspecified atom stereocenters. The van der Waals surface area contributed by atoms with E-state index in [1.807, 2.05) is 32.0 Å². The summed E-state index contributed by atoms with van der Waals surface area (Å²) < 4.78 is 10.2. The third-order valence-electron chi connectivity index (χ3n) is 4.06. The Morgan fingerprint density at radius 2 is 1.81 bits per heavy atom. The van der Waals surface area contributed by atoms with E-state index in [1.54, 1.807) is 0 Å². The second-order valence-corrected chi connectivity index (χ2v) is 5.91. The lowest BCUT2D eigenvalue weighted by atomic mass is 10.0. The van der Waals surface area contributed by atoms with Gasteiger partial charge >= 0.3 is 0 Å². The number of nitro groups is 1. The fraction of sp³-hybridized carbons (Fsp3) is 0.263. The summed E-state index contributed by atoms with van der Waals surface area (Å²) in [5, 5.41) is 15.1. The number of hydrogen-bond donors (Lipinski definition) is 1. The van der Waals surface area contributed by atoms with E-state index in [0.717, 1.165) is 16.7 Å². The number of benzene rings is 2. The molecule has 142 valence electrons. The largest absolute Gasteiger partial charge is 0.493 e. The molecular weight excluding hydrogens is 350 g/mol. The second kappa shape index (κ2) is 8.79. The first kappa shape index (κ1) is 19.9. The number of carbonyl (C=O) groups excluding carboxylic acids is 1. The molecule has 0 heterocycles. The van der Waals surface area contributed by atoms with Crippen molar-refractivity contribution in [2.75, 3.05) is 14.2 Å². The molecule has 0 fully saturated rings. The van der Waals surface area contributed by atoms with Crippen molar-refractivity contribution in [3.63, 3.8) is 0 Å². The van der Waals surface area contributed by atoms with E-state index in [1.165, 1.54) is 32.6 Å². The maximum atomic E-state index is 12.0. The summed E-state index contributed by atoms with van der Waals surface area (Å²) in [6, 6.07) is 8.45. The summed E-state index contributed by atoms with van der Waals surface area (Å²) in [5.41, 5.74) is 5.47. The van der Waals surface area contributed by atoms with E-state index in [-0.39, 0.29) is 29.3 Å². The fourth-order valence-electron chi connectivity index (χ4n) is 2.46. The van der Waals surface area contributed by atoms with Gasteiger partial charge in [-0.25, -0.2) is 5.43 Å². The zero-order valence-corrected chi connectivity index (χ0v) is 15.6. The van der Waals surface area contributed by atoms with Crippen LogP contribution in [0.2, 0.25) is 0 Å². The molecule has 1 N–H and O–H groups in total. The van der Waals surface area contributed by atoms with E-state index < -0.39 is 4.92 Å². The summed E-state index contributed by atoms with van der Waals surface area (Å²) in [6.07, 6.45) is 1.37. The number of nitrogens with one attached hydrogen (secondary N) is 1. The predicted molar refractivity (Wildman–Crippen MR) is 102 cm³/mol. The molecule has 0 bridgehead atoms. The van der Waals surface area contributed by atoms with Crippen molar-refractivity contribution in [3.8, 4) is 11.5 Å². The Labute approximate surface area is 157 Å². The number of nitro benzene ring substituents is 1. The highest BCUT2D eigenvalue weighted by molar-refractivity contribution is 5.88. The summed E-state index contributed by atoms with van der Waals surface area (Å²) in [7, 11) is 2.82. The zero-order valence-electron chi connectivity index (χ0n) is 15.6. The number of rotatable bonds is 7. The number of aryl methyl sites for hydroxylation is 2. The molecule has 0 spiro atoms. The first-order valence-electron chi connectivity index (χ1n) is 8.14. The Balaban J connectivity index is 2.13. The minimum Gasteiger partial charge on any atom is -0.493 e. The summed E-state index contributed by atoms with van der Waals surface area (Å²) in [6.45, 7) is 3.98. The Morgan fingerprint density at radius 3 is 2.41 bits per heavy atom. The molecule has 0 radical (unpaired) electrons. The van der Waals surface area contributed by atoms with Crippen molar-refractivity contribution in [1.82, 2.24) is 5.43 Å². The smallest absolute Gasteiger partial charge is 0.282 e. The number of carbonyl (C=O) groups is 1. The highest BCUT2D eigenvalue weighted by Gasteiger charge is 2.18. The van der Waals surface area contributed by atoms with Crippen LogP contribution in [0.25, 0.3) is 0 Å². The monoisotopic (exact) mass is 371 g/mol. The van der Waals surface area contributed by atoms with Crippen LogP contribution in [0.5, 0.6) is 11.5 Å². The predicted octanol–water partition coefficient (Wildman–Crippen LogP) is 2.92. The molecule has 2 rings (SSSR count). The van der Waals surface area contributed by atoms with Gasteiger partial charge < -0.3 is 9.47 Å². The van der Waals surface area contributed by atoms with E-state index in [4.69, 9.17) is 9.47 Å². The van der Waals surface area contributed by atoms with Gasteiger partial charge in [0.2, 0.25) is 5.91 Å². The van der Waals surface area contributed by atoms with Crippen LogP contribution in [-0.4, -0.2) is 31.3 Å². The molecule has 0 aromatic heterocycles. The topological polar surface area (TPSA) is 103 Å². The van der Waals surface area contributed by atoms with Crippen LogP contribution >= 0.6 is 0 Å². The molecule has 8 heteroatoms. The summed E-state index contributed by atoms with van der Waals surface area (Å²) >= 11 is 0. The quantitative estimate of drug-likeness (QED) is 0.458. The van der Waals surface area contributed by atoms with Crippen molar-refractivity contribution < 1.29 is 19.2 Å². The van der Waals surface area contributed by atoms with Crippen LogP contribution in [0.3, 0.4) is 0 Å². The van der Waals surface area contributed by atoms with Gasteiger partial charge in [0.25, 0.3) is 5.69 Å². The number of hydrazone groups is 1. The molecule has 2 aromatic rings. The van der Waals surface area contributed by atoms with Gasteiger partial charge in [-0.3, -0.25) is 14.9 Å². The minimum absolute atomic E-state index is 0.159. The molecule has 0 aliphatic heterocycles. The molecule has 0 saturated carbocycles. The standard InChI is InChI=1S/C19H21N3O5/c1-12-5-6-14(7-13(12)2)8-19(23)21-20-11-15-9-17(26-3)18(27-4)10-16(15)22(24)25/h5-7,9-11H,8H2,1-4H3,(H,21,23)/b20-11-. The van der Waals surface area contributed by atoms with Crippen molar-refractivity contribution in [1.29, 1.82) is 0 Å². The van der Waals surface area contributed by atoms with Crippen molar-refractivity contribution >= 4 is 17.8 Å². The molecule has 1 amide bonds. The third-order valence-corrected chi connectivity index (χ3v) is 4.06. The van der Waals surface area contributed by atoms with Gasteiger partial charge in [-0.05, 0) is 36.6 Å². The first-order chi connectivity index (χ1) is 12.8. The molecule has 2 aromatic carbocycles. The zero-order chi connectivity index (χ0) is 20.0. The summed E-state index contributed by atoms with van der Waals surface area (Å²) in [4.78, 5) is 22.7. The molecule has 0 aliphatic rings. The Kier molecular flexibility index (Phi) is 6.48. The molecule has 8 nitrogen and oxygen atoms in total. The molecule has 0 atom stereocenters. The van der Waals surface area contributed by atoms with Crippen LogP contribution in [0.15, 0.2) is 35.4 Å². The lowest BCUT2D eigenvalue weighted by Crippen LogP contribution is -2.20. The van der Waals surface area contributed by atoms with Gasteiger partial charge in [0, 0.05) is 0 Å². The molecule has 27 heavy (non-hydrogen) atoms. The average Bonchev–Trinajstić information content (AvgIpc) is 2.64. The van der Waals surface area contributed by atoms with E-state index in [2.05, 4.69) is 10.5 Å². The summed E-state index contributed by atoms with van der Waals surface area (Å²) in [5.74, 6) is 0.240. The van der Waals surface area contributed by atoms with E-state index in [0.29, 0.717) is 5.75 Å². The van der Waals surface area contributed by atoms with Crippen molar-refractivity contribution in [2.45, 2.75) is 20.3 Å². The molecule has 0 saturated heterocycles. The van der Waals surface area contributed by atoms with Crippen LogP contribution in [0, 0.1) is 24.0 Å². The van der Waals surface area contributed by atoms with Crippen molar-refractivity contribution in [3.05, 3.63) is 62.7 Å². The Morgan fingerprint density at radius 1 is 1.15 bits per heavy atom. The highest BCUT2D eigenvalue weighted by atomic mass is 16.6. The molecular formula is C19H21N3O5. The Hall–Kier alpha value is -3.42. The number of ether oxygens (including phenoxy) is 2. The Bertz CT molecular complexity index is 893. The maximum Gasteiger partial charge on any atom is 0.282 e. The van der Waals surface area contributed by atoms with E-state index >= 15 is 0 Å². The van der Waals surface area contributed by atoms with Crippen LogP contribution < -0.4 is 14.9 Å². The van der Waals surface area contributed by atoms with Gasteiger partial charge in [0.15, 0.2) is 11.5 Å². The van der Waals surface area contributed by atoms with Gasteiger partial charge in [-0.2, -0.15) is 5.10 Å². The number of nitrogens with zero attached hydrogens (tertiary/aromatic N) is 2. The number of amides is 1. The first-order valence-corrected chi connectivity index (χ1v) is 8.14. The van der Waals surface area contributed by atoms with Crippen LogP contribution in [-0.2, 0) is 11.2 Å². The molecule has 0 aliphatic carbocycles. The van der Waals surface area contributed by atoms with Crippen LogP contribution in [0.4, 0.5) is 5.69 Å². The number of methoxy groups -OCH3 is 2.